The molecule has 0 unspecified atom stereocenters. The molecule has 0 spiro atoms. The van der Waals surface area contributed by atoms with Crippen LogP contribution in [0.5, 0.6) is 5.75 Å². The van der Waals surface area contributed by atoms with Gasteiger partial charge in [-0.15, -0.1) is 0 Å². The minimum absolute atomic E-state index is 0.0779. The number of phenols is 1. The molecule has 1 aliphatic rings. The van der Waals surface area contributed by atoms with Gasteiger partial charge in [0.1, 0.15) is 5.75 Å². The number of phenolic OH excluding ortho intramolecular Hbond substituents is 1. The van der Waals surface area contributed by atoms with E-state index >= 15 is 0 Å². The Bertz CT molecular complexity index is 956. The molecule has 3 aromatic rings. The van der Waals surface area contributed by atoms with Gasteiger partial charge in [0.15, 0.2) is 0 Å². The van der Waals surface area contributed by atoms with E-state index in [2.05, 4.69) is 34.8 Å². The Balaban J connectivity index is 1.56. The summed E-state index contributed by atoms with van der Waals surface area (Å²) in [6, 6.07) is 27.1. The van der Waals surface area contributed by atoms with E-state index in [1.54, 1.807) is 24.3 Å². The number of hydrogen-bond donors (Lipinski definition) is 2. The monoisotopic (exact) mass is 370 g/mol. The van der Waals surface area contributed by atoms with Gasteiger partial charge in [-0.05, 0) is 54.3 Å². The van der Waals surface area contributed by atoms with Gasteiger partial charge in [-0.25, -0.2) is 5.43 Å². The first-order chi connectivity index (χ1) is 13.6. The first-order valence-corrected chi connectivity index (χ1v) is 9.36. The van der Waals surface area contributed by atoms with Crippen molar-refractivity contribution in [2.75, 3.05) is 0 Å². The first kappa shape index (κ1) is 18.0. The standard InChI is InChI=1S/C24H22N2O2/c1-17(18-12-14-21(27)15-13-18)25-26-23(28)22-16-24(22,19-8-4-2-5-9-19)20-10-6-3-7-11-20/h2-15,22,27H,16H2,1H3,(H,26,28)/b25-17-/t22-/m1/s1. The molecule has 3 aromatic carbocycles. The Kier molecular flexibility index (Phi) is 4.70. The lowest BCUT2D eigenvalue weighted by atomic mass is 9.85. The van der Waals surface area contributed by atoms with Gasteiger partial charge < -0.3 is 5.11 Å². The number of benzene rings is 3. The van der Waals surface area contributed by atoms with Crippen molar-refractivity contribution in [1.29, 1.82) is 0 Å². The SMILES string of the molecule is C/C(=N/NC(=O)[C@H]1CC1(c1ccccc1)c1ccccc1)c1ccc(O)cc1. The van der Waals surface area contributed by atoms with Crippen molar-refractivity contribution in [1.82, 2.24) is 5.43 Å². The molecule has 28 heavy (non-hydrogen) atoms. The molecule has 1 aliphatic carbocycles. The largest absolute Gasteiger partial charge is 0.508 e. The highest BCUT2D eigenvalue weighted by atomic mass is 16.3. The average molecular weight is 370 g/mol. The van der Waals surface area contributed by atoms with Crippen molar-refractivity contribution in [3.05, 3.63) is 102 Å². The molecule has 1 amide bonds. The highest BCUT2D eigenvalue weighted by molar-refractivity contribution is 5.99. The van der Waals surface area contributed by atoms with Crippen LogP contribution < -0.4 is 5.43 Å². The smallest absolute Gasteiger partial charge is 0.244 e. The highest BCUT2D eigenvalue weighted by Gasteiger charge is 2.60. The van der Waals surface area contributed by atoms with Crippen LogP contribution in [0.2, 0.25) is 0 Å². The predicted octanol–water partition coefficient (Wildman–Crippen LogP) is 4.24. The molecular weight excluding hydrogens is 348 g/mol. The molecule has 1 fully saturated rings. The molecule has 1 atom stereocenters. The lowest BCUT2D eigenvalue weighted by Gasteiger charge is -2.18. The van der Waals surface area contributed by atoms with E-state index in [1.165, 1.54) is 0 Å². The first-order valence-electron chi connectivity index (χ1n) is 9.36. The molecule has 140 valence electrons. The highest BCUT2D eigenvalue weighted by Crippen LogP contribution is 2.58. The second-order valence-corrected chi connectivity index (χ2v) is 7.18. The number of nitrogens with zero attached hydrogens (tertiary/aromatic N) is 1. The van der Waals surface area contributed by atoms with Crippen LogP contribution in [-0.2, 0) is 10.2 Å². The van der Waals surface area contributed by atoms with E-state index in [4.69, 9.17) is 0 Å². The Morgan fingerprint density at radius 3 is 2.00 bits per heavy atom. The fraction of sp³-hybridized carbons (Fsp3) is 0.167. The average Bonchev–Trinajstić information content (AvgIpc) is 3.51. The fourth-order valence-electron chi connectivity index (χ4n) is 3.84. The second-order valence-electron chi connectivity index (χ2n) is 7.18. The molecule has 1 saturated carbocycles. The van der Waals surface area contributed by atoms with Crippen molar-refractivity contribution >= 4 is 11.6 Å². The van der Waals surface area contributed by atoms with Gasteiger partial charge in [-0.2, -0.15) is 5.10 Å². The van der Waals surface area contributed by atoms with Gasteiger partial charge in [0.25, 0.3) is 0 Å². The lowest BCUT2D eigenvalue weighted by molar-refractivity contribution is -0.122. The van der Waals surface area contributed by atoms with Crippen LogP contribution in [-0.4, -0.2) is 16.7 Å². The summed E-state index contributed by atoms with van der Waals surface area (Å²) < 4.78 is 0. The predicted molar refractivity (Wildman–Crippen MR) is 110 cm³/mol. The van der Waals surface area contributed by atoms with Crippen LogP contribution in [0.1, 0.15) is 30.0 Å². The van der Waals surface area contributed by atoms with Crippen molar-refractivity contribution in [2.24, 2.45) is 11.0 Å². The van der Waals surface area contributed by atoms with Crippen LogP contribution >= 0.6 is 0 Å². The maximum Gasteiger partial charge on any atom is 0.244 e. The summed E-state index contributed by atoms with van der Waals surface area (Å²) in [5.74, 6) is -0.0337. The molecule has 0 bridgehead atoms. The third-order valence-corrected chi connectivity index (χ3v) is 5.47. The van der Waals surface area contributed by atoms with Crippen LogP contribution in [0.4, 0.5) is 0 Å². The number of hydrogen-bond acceptors (Lipinski definition) is 3. The van der Waals surface area contributed by atoms with E-state index in [0.29, 0.717) is 5.71 Å². The zero-order valence-corrected chi connectivity index (χ0v) is 15.7. The van der Waals surface area contributed by atoms with Crippen LogP contribution in [0.25, 0.3) is 0 Å². The fourth-order valence-corrected chi connectivity index (χ4v) is 3.84. The zero-order valence-electron chi connectivity index (χ0n) is 15.7. The van der Waals surface area contributed by atoms with Crippen molar-refractivity contribution in [2.45, 2.75) is 18.8 Å². The summed E-state index contributed by atoms with van der Waals surface area (Å²) in [7, 11) is 0. The summed E-state index contributed by atoms with van der Waals surface area (Å²) in [4.78, 5) is 12.9. The van der Waals surface area contributed by atoms with Crippen LogP contribution in [0, 0.1) is 5.92 Å². The van der Waals surface area contributed by atoms with Gasteiger partial charge >= 0.3 is 0 Å². The summed E-state index contributed by atoms with van der Waals surface area (Å²) in [5.41, 5.74) is 6.29. The van der Waals surface area contributed by atoms with Gasteiger partial charge in [-0.3, -0.25) is 4.79 Å². The molecule has 0 saturated heterocycles. The van der Waals surface area contributed by atoms with E-state index in [-0.39, 0.29) is 23.0 Å². The van der Waals surface area contributed by atoms with Gasteiger partial charge in [0, 0.05) is 5.41 Å². The quantitative estimate of drug-likeness (QED) is 0.521. The Morgan fingerprint density at radius 1 is 0.929 bits per heavy atom. The van der Waals surface area contributed by atoms with Crippen molar-refractivity contribution in [3.8, 4) is 5.75 Å². The minimum Gasteiger partial charge on any atom is -0.508 e. The number of amides is 1. The molecule has 4 rings (SSSR count). The minimum atomic E-state index is -0.297. The maximum absolute atomic E-state index is 12.9. The van der Waals surface area contributed by atoms with E-state index in [0.717, 1.165) is 23.1 Å². The maximum atomic E-state index is 12.9. The molecule has 4 heteroatoms. The molecular formula is C24H22N2O2. The number of rotatable bonds is 5. The number of hydrazone groups is 1. The number of carbonyl (C=O) groups excluding carboxylic acids is 1. The van der Waals surface area contributed by atoms with Crippen molar-refractivity contribution in [3.63, 3.8) is 0 Å². The lowest BCUT2D eigenvalue weighted by Crippen LogP contribution is -2.26. The second kappa shape index (κ2) is 7.31. The Labute approximate surface area is 164 Å². The number of aromatic hydroxyl groups is 1. The molecule has 0 radical (unpaired) electrons. The summed E-state index contributed by atoms with van der Waals surface area (Å²) in [6.07, 6.45) is 0.765. The number of nitrogens with one attached hydrogen (secondary N) is 1. The Hall–Kier alpha value is -3.40. The molecule has 0 heterocycles. The topological polar surface area (TPSA) is 61.7 Å². The molecule has 4 nitrogen and oxygen atoms in total. The number of carbonyl (C=O) groups is 1. The third kappa shape index (κ3) is 3.29. The zero-order chi connectivity index (χ0) is 19.6. The van der Waals surface area contributed by atoms with Crippen LogP contribution in [0.3, 0.4) is 0 Å². The van der Waals surface area contributed by atoms with Crippen molar-refractivity contribution < 1.29 is 9.90 Å². The van der Waals surface area contributed by atoms with Gasteiger partial charge in [0.05, 0.1) is 11.6 Å². The molecule has 2 N–H and O–H groups in total. The molecule has 0 aromatic heterocycles. The van der Waals surface area contributed by atoms with E-state index in [1.807, 2.05) is 43.3 Å². The third-order valence-electron chi connectivity index (χ3n) is 5.47. The molecule has 0 aliphatic heterocycles. The summed E-state index contributed by atoms with van der Waals surface area (Å²) >= 11 is 0. The van der Waals surface area contributed by atoms with Gasteiger partial charge in [-0.1, -0.05) is 60.7 Å². The van der Waals surface area contributed by atoms with E-state index < -0.39 is 0 Å². The summed E-state index contributed by atoms with van der Waals surface area (Å²) in [6.45, 7) is 1.83. The van der Waals surface area contributed by atoms with E-state index in [9.17, 15) is 9.90 Å². The Morgan fingerprint density at radius 2 is 1.46 bits per heavy atom. The summed E-state index contributed by atoms with van der Waals surface area (Å²) in [5, 5.41) is 13.7. The van der Waals surface area contributed by atoms with Gasteiger partial charge in [0.2, 0.25) is 5.91 Å². The van der Waals surface area contributed by atoms with Crippen LogP contribution in [0.15, 0.2) is 90.0 Å². The normalized spacial score (nSPS) is 17.8.